The Morgan fingerprint density at radius 2 is 2.17 bits per heavy atom. The molecule has 3 rings (SSSR count). The summed E-state index contributed by atoms with van der Waals surface area (Å²) in [6.45, 7) is 2.34. The number of carbonyl (C=O) groups excluding carboxylic acids is 1. The number of anilines is 1. The maximum atomic E-state index is 12.7. The van der Waals surface area contributed by atoms with Crippen LogP contribution in [0, 0.1) is 0 Å². The zero-order chi connectivity index (χ0) is 16.6. The van der Waals surface area contributed by atoms with Crippen LogP contribution in [0.25, 0.3) is 0 Å². The van der Waals surface area contributed by atoms with E-state index in [0.717, 1.165) is 11.3 Å². The highest BCUT2D eigenvalue weighted by atomic mass is 32.2. The monoisotopic (exact) mass is 334 g/mol. The number of carbonyl (C=O) groups is 1. The van der Waals surface area contributed by atoms with E-state index in [2.05, 4.69) is 9.82 Å². The van der Waals surface area contributed by atoms with Gasteiger partial charge in [0.15, 0.2) is 0 Å². The molecule has 0 bridgehead atoms. The van der Waals surface area contributed by atoms with E-state index in [1.54, 1.807) is 47.1 Å². The smallest absolute Gasteiger partial charge is 0.251 e. The highest BCUT2D eigenvalue weighted by molar-refractivity contribution is 7.89. The normalized spacial score (nSPS) is 15.5. The number of benzene rings is 1. The van der Waals surface area contributed by atoms with Crippen molar-refractivity contribution in [2.75, 3.05) is 18.5 Å². The largest absolute Gasteiger partial charge is 0.310 e. The molecule has 0 radical (unpaired) electrons. The molecule has 0 aliphatic carbocycles. The molecule has 1 atom stereocenters. The summed E-state index contributed by atoms with van der Waals surface area (Å²) >= 11 is 0. The molecule has 1 N–H and O–H groups in total. The zero-order valence-electron chi connectivity index (χ0n) is 12.9. The molecule has 1 amide bonds. The number of sulfonamides is 1. The third-order valence-corrected chi connectivity index (χ3v) is 5.48. The van der Waals surface area contributed by atoms with Crippen LogP contribution in [0.3, 0.4) is 0 Å². The van der Waals surface area contributed by atoms with Crippen molar-refractivity contribution < 1.29 is 13.2 Å². The molecule has 0 unspecified atom stereocenters. The van der Waals surface area contributed by atoms with Crippen LogP contribution in [-0.2, 0) is 21.2 Å². The summed E-state index contributed by atoms with van der Waals surface area (Å²) in [4.78, 5) is 14.6. The summed E-state index contributed by atoms with van der Waals surface area (Å²) in [5.74, 6) is -0.0586. The number of nitrogens with zero attached hydrogens (tertiary/aromatic N) is 3. The van der Waals surface area contributed by atoms with Crippen molar-refractivity contribution in [3.05, 3.63) is 42.2 Å². The molecule has 2 aromatic rings. The lowest BCUT2D eigenvalue weighted by Crippen LogP contribution is -2.35. The van der Waals surface area contributed by atoms with E-state index < -0.39 is 16.1 Å². The highest BCUT2D eigenvalue weighted by Gasteiger charge is 2.30. The minimum atomic E-state index is -3.48. The first-order valence-corrected chi connectivity index (χ1v) is 8.79. The van der Waals surface area contributed by atoms with Crippen molar-refractivity contribution in [3.63, 3.8) is 0 Å². The number of nitrogens with one attached hydrogen (secondary N) is 1. The lowest BCUT2D eigenvalue weighted by molar-refractivity contribution is -0.121. The van der Waals surface area contributed by atoms with Gasteiger partial charge in [0.2, 0.25) is 10.0 Å². The second kappa shape index (κ2) is 5.78. The fraction of sp³-hybridized carbons (Fsp3) is 0.333. The van der Waals surface area contributed by atoms with E-state index in [4.69, 9.17) is 0 Å². The maximum absolute atomic E-state index is 12.7. The van der Waals surface area contributed by atoms with Crippen LogP contribution in [0.5, 0.6) is 0 Å². The second-order valence-corrected chi connectivity index (χ2v) is 7.29. The van der Waals surface area contributed by atoms with E-state index in [-0.39, 0.29) is 10.8 Å². The summed E-state index contributed by atoms with van der Waals surface area (Å²) in [6.07, 6.45) is 4.03. The molecule has 1 aromatic carbocycles. The quantitative estimate of drug-likeness (QED) is 0.902. The predicted octanol–water partition coefficient (Wildman–Crippen LogP) is 0.941. The maximum Gasteiger partial charge on any atom is 0.251 e. The molecule has 122 valence electrons. The van der Waals surface area contributed by atoms with Crippen LogP contribution in [0.4, 0.5) is 5.69 Å². The van der Waals surface area contributed by atoms with Crippen LogP contribution in [0.1, 0.15) is 18.5 Å². The van der Waals surface area contributed by atoms with Gasteiger partial charge in [0, 0.05) is 24.6 Å². The first-order chi connectivity index (χ1) is 10.9. The van der Waals surface area contributed by atoms with Gasteiger partial charge in [-0.25, -0.2) is 13.1 Å². The Kier molecular flexibility index (Phi) is 3.95. The van der Waals surface area contributed by atoms with Crippen molar-refractivity contribution in [3.8, 4) is 0 Å². The second-order valence-electron chi connectivity index (χ2n) is 5.40. The van der Waals surface area contributed by atoms with Crippen molar-refractivity contribution in [2.24, 2.45) is 0 Å². The Morgan fingerprint density at radius 3 is 2.83 bits per heavy atom. The van der Waals surface area contributed by atoms with E-state index in [9.17, 15) is 13.2 Å². The molecule has 23 heavy (non-hydrogen) atoms. The van der Waals surface area contributed by atoms with Crippen molar-refractivity contribution in [2.45, 2.75) is 24.3 Å². The third kappa shape index (κ3) is 2.75. The first kappa shape index (κ1) is 15.7. The van der Waals surface area contributed by atoms with E-state index >= 15 is 0 Å². The van der Waals surface area contributed by atoms with Gasteiger partial charge >= 0.3 is 0 Å². The molecule has 1 aliphatic heterocycles. The number of hydrogen-bond donors (Lipinski definition) is 1. The predicted molar refractivity (Wildman–Crippen MR) is 85.7 cm³/mol. The van der Waals surface area contributed by atoms with Gasteiger partial charge in [-0.15, -0.1) is 0 Å². The fourth-order valence-electron chi connectivity index (χ4n) is 2.74. The molecule has 1 aliphatic rings. The van der Waals surface area contributed by atoms with Gasteiger partial charge in [0.05, 0.1) is 4.90 Å². The van der Waals surface area contributed by atoms with Crippen LogP contribution in [0.15, 0.2) is 41.6 Å². The summed E-state index contributed by atoms with van der Waals surface area (Å²) in [6, 6.07) is 6.22. The first-order valence-electron chi connectivity index (χ1n) is 7.31. The summed E-state index contributed by atoms with van der Waals surface area (Å²) in [7, 11) is -2.10. The van der Waals surface area contributed by atoms with E-state index in [1.807, 2.05) is 0 Å². The highest BCUT2D eigenvalue weighted by Crippen LogP contribution is 2.31. The third-order valence-electron chi connectivity index (χ3n) is 4.07. The van der Waals surface area contributed by atoms with Gasteiger partial charge in [-0.05, 0) is 50.2 Å². The molecule has 2 heterocycles. The molecule has 0 saturated carbocycles. The lowest BCUT2D eigenvalue weighted by Gasteiger charge is -2.22. The lowest BCUT2D eigenvalue weighted by atomic mass is 10.2. The zero-order valence-corrected chi connectivity index (χ0v) is 13.7. The molecule has 1 aromatic heterocycles. The standard InChI is InChI=1S/C15H18N4O3S/c1-11(19-8-3-7-17-19)15(20)18-9-6-12-10-13(4-5-14(12)18)23(21,22)16-2/h3-5,7-8,10-11,16H,6,9H2,1-2H3/t11-/m0/s1. The van der Waals surface area contributed by atoms with E-state index in [1.165, 1.54) is 13.1 Å². The Hall–Kier alpha value is -2.19. The number of aromatic nitrogens is 2. The Labute approximate surface area is 135 Å². The van der Waals surface area contributed by atoms with Gasteiger partial charge < -0.3 is 4.90 Å². The topological polar surface area (TPSA) is 84.3 Å². The van der Waals surface area contributed by atoms with Gasteiger partial charge in [-0.3, -0.25) is 9.48 Å². The number of amides is 1. The van der Waals surface area contributed by atoms with Crippen molar-refractivity contribution in [1.29, 1.82) is 0 Å². The number of hydrogen-bond acceptors (Lipinski definition) is 4. The molecule has 0 fully saturated rings. The summed E-state index contributed by atoms with van der Waals surface area (Å²) in [5.41, 5.74) is 1.63. The fourth-order valence-corrected chi connectivity index (χ4v) is 3.52. The minimum absolute atomic E-state index is 0.0586. The average molecular weight is 334 g/mol. The molecular weight excluding hydrogens is 316 g/mol. The molecule has 8 heteroatoms. The van der Waals surface area contributed by atoms with Gasteiger partial charge in [0.25, 0.3) is 5.91 Å². The molecule has 7 nitrogen and oxygen atoms in total. The minimum Gasteiger partial charge on any atom is -0.310 e. The van der Waals surface area contributed by atoms with Gasteiger partial charge in [-0.2, -0.15) is 5.10 Å². The Morgan fingerprint density at radius 1 is 1.39 bits per heavy atom. The summed E-state index contributed by atoms with van der Waals surface area (Å²) < 4.78 is 27.7. The Bertz CT molecular complexity index is 830. The van der Waals surface area contributed by atoms with Crippen molar-refractivity contribution >= 4 is 21.6 Å². The molecule has 0 spiro atoms. The average Bonchev–Trinajstić information content (AvgIpc) is 3.22. The van der Waals surface area contributed by atoms with Gasteiger partial charge in [-0.1, -0.05) is 0 Å². The van der Waals surface area contributed by atoms with Crippen LogP contribution in [-0.4, -0.2) is 37.7 Å². The van der Waals surface area contributed by atoms with Crippen LogP contribution in [0.2, 0.25) is 0 Å². The molecular formula is C15H18N4O3S. The van der Waals surface area contributed by atoms with Crippen LogP contribution < -0.4 is 9.62 Å². The van der Waals surface area contributed by atoms with E-state index in [0.29, 0.717) is 13.0 Å². The van der Waals surface area contributed by atoms with Crippen LogP contribution >= 0.6 is 0 Å². The van der Waals surface area contributed by atoms with Crippen molar-refractivity contribution in [1.82, 2.24) is 14.5 Å². The number of fused-ring (bicyclic) bond motifs is 1. The Balaban J connectivity index is 1.89. The number of rotatable bonds is 4. The molecule has 0 saturated heterocycles. The van der Waals surface area contributed by atoms with Gasteiger partial charge in [0.1, 0.15) is 6.04 Å². The summed E-state index contributed by atoms with van der Waals surface area (Å²) in [5, 5.41) is 4.10. The SMILES string of the molecule is CNS(=O)(=O)c1ccc2c(c1)CCN2C(=O)[C@H](C)n1cccn1.